The summed E-state index contributed by atoms with van der Waals surface area (Å²) in [5, 5.41) is 5.24. The molecular weight excluding hydrogens is 432 g/mol. The van der Waals surface area contributed by atoms with Gasteiger partial charge in [0, 0.05) is 22.9 Å². The van der Waals surface area contributed by atoms with E-state index < -0.39 is 5.63 Å². The number of amides is 1. The van der Waals surface area contributed by atoms with Gasteiger partial charge < -0.3 is 9.73 Å². The number of thiazole rings is 1. The minimum Gasteiger partial charge on any atom is -0.422 e. The Morgan fingerprint density at radius 1 is 1.00 bits per heavy atom. The van der Waals surface area contributed by atoms with Crippen LogP contribution in [0.25, 0.3) is 21.2 Å². The summed E-state index contributed by atoms with van der Waals surface area (Å²) in [6.07, 6.45) is 0.679. The van der Waals surface area contributed by atoms with Gasteiger partial charge in [0.25, 0.3) is 5.91 Å². The molecule has 152 valence electrons. The average molecular weight is 447 g/mol. The Balaban J connectivity index is 1.47. The molecule has 0 aliphatic rings. The highest BCUT2D eigenvalue weighted by molar-refractivity contribution is 7.18. The molecule has 0 fully saturated rings. The lowest BCUT2D eigenvalue weighted by molar-refractivity contribution is 0.102. The SMILES string of the molecule is O=C(Nc1cccc2sc(Cc3ccc(Cl)cc3)nc12)c1cccc2ccc(=O)oc12. The third kappa shape index (κ3) is 3.95. The lowest BCUT2D eigenvalue weighted by Crippen LogP contribution is -2.13. The number of aromatic nitrogens is 1. The molecule has 2 aromatic heterocycles. The number of carbonyl (C=O) groups is 1. The van der Waals surface area contributed by atoms with Crippen molar-refractivity contribution < 1.29 is 9.21 Å². The van der Waals surface area contributed by atoms with Crippen LogP contribution < -0.4 is 10.9 Å². The van der Waals surface area contributed by atoms with Gasteiger partial charge in [0.15, 0.2) is 5.58 Å². The molecule has 5 rings (SSSR count). The molecule has 31 heavy (non-hydrogen) atoms. The Hall–Kier alpha value is -3.48. The molecule has 2 heterocycles. The van der Waals surface area contributed by atoms with Crippen molar-refractivity contribution in [2.75, 3.05) is 5.32 Å². The van der Waals surface area contributed by atoms with E-state index >= 15 is 0 Å². The molecule has 0 atom stereocenters. The van der Waals surface area contributed by atoms with Crippen LogP contribution in [0.2, 0.25) is 5.02 Å². The van der Waals surface area contributed by atoms with Gasteiger partial charge in [0.1, 0.15) is 5.52 Å². The van der Waals surface area contributed by atoms with E-state index in [0.717, 1.165) is 20.8 Å². The lowest BCUT2D eigenvalue weighted by Gasteiger charge is -2.07. The first-order chi connectivity index (χ1) is 15.1. The van der Waals surface area contributed by atoms with Crippen molar-refractivity contribution in [1.29, 1.82) is 0 Å². The van der Waals surface area contributed by atoms with E-state index in [1.165, 1.54) is 6.07 Å². The van der Waals surface area contributed by atoms with E-state index in [4.69, 9.17) is 21.0 Å². The highest BCUT2D eigenvalue weighted by Crippen LogP contribution is 2.30. The molecule has 0 radical (unpaired) electrons. The first-order valence-corrected chi connectivity index (χ1v) is 10.7. The second kappa shape index (κ2) is 7.98. The van der Waals surface area contributed by atoms with Crippen LogP contribution in [0, 0.1) is 0 Å². The fraction of sp³-hybridized carbons (Fsp3) is 0.0417. The third-order valence-electron chi connectivity index (χ3n) is 4.87. The van der Waals surface area contributed by atoms with Crippen LogP contribution in [0.1, 0.15) is 20.9 Å². The molecule has 5 nitrogen and oxygen atoms in total. The lowest BCUT2D eigenvalue weighted by atomic mass is 10.1. The highest BCUT2D eigenvalue weighted by atomic mass is 35.5. The van der Waals surface area contributed by atoms with Crippen LogP contribution in [0.15, 0.2) is 82.0 Å². The minimum absolute atomic E-state index is 0.265. The van der Waals surface area contributed by atoms with E-state index in [1.54, 1.807) is 35.6 Å². The molecule has 0 aliphatic heterocycles. The fourth-order valence-electron chi connectivity index (χ4n) is 3.41. The summed E-state index contributed by atoms with van der Waals surface area (Å²) in [5.41, 5.74) is 2.51. The largest absolute Gasteiger partial charge is 0.422 e. The average Bonchev–Trinajstić information content (AvgIpc) is 3.18. The zero-order chi connectivity index (χ0) is 21.4. The molecule has 0 bridgehead atoms. The highest BCUT2D eigenvalue weighted by Gasteiger charge is 2.16. The number of halogens is 1. The van der Waals surface area contributed by atoms with E-state index in [0.29, 0.717) is 28.1 Å². The van der Waals surface area contributed by atoms with E-state index in [2.05, 4.69) is 5.32 Å². The number of benzene rings is 3. The van der Waals surface area contributed by atoms with Crippen molar-refractivity contribution in [3.63, 3.8) is 0 Å². The summed E-state index contributed by atoms with van der Waals surface area (Å²) < 4.78 is 6.26. The minimum atomic E-state index is -0.499. The van der Waals surface area contributed by atoms with Gasteiger partial charge in [-0.25, -0.2) is 9.78 Å². The Labute approximate surface area is 185 Å². The molecule has 0 unspecified atom stereocenters. The molecule has 0 saturated heterocycles. The Kier molecular flexibility index (Phi) is 5.02. The third-order valence-corrected chi connectivity index (χ3v) is 6.14. The van der Waals surface area contributed by atoms with Gasteiger partial charge in [-0.2, -0.15) is 0 Å². The summed E-state index contributed by atoms with van der Waals surface area (Å²) in [4.78, 5) is 29.4. The summed E-state index contributed by atoms with van der Waals surface area (Å²) in [6.45, 7) is 0. The topological polar surface area (TPSA) is 72.2 Å². The predicted octanol–water partition coefficient (Wildman–Crippen LogP) is 5.90. The number of nitrogens with zero attached hydrogens (tertiary/aromatic N) is 1. The van der Waals surface area contributed by atoms with Crippen molar-refractivity contribution in [2.45, 2.75) is 6.42 Å². The number of hydrogen-bond acceptors (Lipinski definition) is 5. The predicted molar refractivity (Wildman–Crippen MR) is 124 cm³/mol. The van der Waals surface area contributed by atoms with Crippen molar-refractivity contribution in [2.24, 2.45) is 0 Å². The maximum absolute atomic E-state index is 13.0. The van der Waals surface area contributed by atoms with Crippen LogP contribution in [0.3, 0.4) is 0 Å². The van der Waals surface area contributed by atoms with Gasteiger partial charge in [0.05, 0.1) is 21.0 Å². The number of nitrogens with one attached hydrogen (secondary N) is 1. The maximum atomic E-state index is 13.0. The van der Waals surface area contributed by atoms with Crippen LogP contribution in [0.4, 0.5) is 5.69 Å². The van der Waals surface area contributed by atoms with Gasteiger partial charge in [0.2, 0.25) is 0 Å². The standard InChI is InChI=1S/C24H15ClN2O3S/c25-16-10-7-14(8-11-16)13-20-27-22-18(5-2-6-19(22)31-20)26-24(29)17-4-1-3-15-9-12-21(28)30-23(15)17/h1-12H,13H2,(H,26,29). The molecule has 5 aromatic rings. The van der Waals surface area contributed by atoms with Gasteiger partial charge in [-0.3, -0.25) is 4.79 Å². The van der Waals surface area contributed by atoms with Gasteiger partial charge in [-0.15, -0.1) is 11.3 Å². The van der Waals surface area contributed by atoms with Gasteiger partial charge in [-0.05, 0) is 42.0 Å². The summed E-state index contributed by atoms with van der Waals surface area (Å²) in [6, 6.07) is 21.5. The quantitative estimate of drug-likeness (QED) is 0.349. The van der Waals surface area contributed by atoms with E-state index in [9.17, 15) is 9.59 Å². The molecular formula is C24H15ClN2O3S. The van der Waals surface area contributed by atoms with Crippen LogP contribution in [0.5, 0.6) is 0 Å². The number of para-hydroxylation sites is 2. The van der Waals surface area contributed by atoms with E-state index in [1.807, 2.05) is 42.5 Å². The molecule has 7 heteroatoms. The van der Waals surface area contributed by atoms with Crippen molar-refractivity contribution >= 4 is 55.7 Å². The fourth-order valence-corrected chi connectivity index (χ4v) is 4.56. The molecule has 0 saturated carbocycles. The number of carbonyl (C=O) groups excluding carboxylic acids is 1. The summed E-state index contributed by atoms with van der Waals surface area (Å²) >= 11 is 7.55. The zero-order valence-corrected chi connectivity index (χ0v) is 17.7. The van der Waals surface area contributed by atoms with Crippen molar-refractivity contribution in [3.05, 3.63) is 104 Å². The van der Waals surface area contributed by atoms with Gasteiger partial charge >= 0.3 is 5.63 Å². The maximum Gasteiger partial charge on any atom is 0.336 e. The summed E-state index contributed by atoms with van der Waals surface area (Å²) in [5.74, 6) is -0.361. The molecule has 1 amide bonds. The van der Waals surface area contributed by atoms with E-state index in [-0.39, 0.29) is 11.5 Å². The Morgan fingerprint density at radius 2 is 1.81 bits per heavy atom. The number of hydrogen-bond donors (Lipinski definition) is 1. The number of anilines is 1. The second-order valence-electron chi connectivity index (χ2n) is 7.00. The molecule has 0 aliphatic carbocycles. The molecule has 1 N–H and O–H groups in total. The molecule has 3 aromatic carbocycles. The molecule has 0 spiro atoms. The van der Waals surface area contributed by atoms with Crippen LogP contribution in [-0.4, -0.2) is 10.9 Å². The Morgan fingerprint density at radius 3 is 2.65 bits per heavy atom. The van der Waals surface area contributed by atoms with Crippen molar-refractivity contribution in [1.82, 2.24) is 4.98 Å². The van der Waals surface area contributed by atoms with Gasteiger partial charge in [-0.1, -0.05) is 41.9 Å². The normalized spacial score (nSPS) is 11.1. The first-order valence-electron chi connectivity index (χ1n) is 9.54. The van der Waals surface area contributed by atoms with Crippen molar-refractivity contribution in [3.8, 4) is 0 Å². The van der Waals surface area contributed by atoms with Crippen LogP contribution >= 0.6 is 22.9 Å². The smallest absolute Gasteiger partial charge is 0.336 e. The number of fused-ring (bicyclic) bond motifs is 2. The Bertz CT molecular complexity index is 1490. The summed E-state index contributed by atoms with van der Waals surface area (Å²) in [7, 11) is 0. The second-order valence-corrected chi connectivity index (χ2v) is 8.55. The zero-order valence-electron chi connectivity index (χ0n) is 16.1. The number of rotatable bonds is 4. The monoisotopic (exact) mass is 446 g/mol. The van der Waals surface area contributed by atoms with Crippen LogP contribution in [-0.2, 0) is 6.42 Å². The first kappa shape index (κ1) is 19.5.